The summed E-state index contributed by atoms with van der Waals surface area (Å²) < 4.78 is 0.828. The standard InChI is InChI=1S/C8H8BrNO2/c1-5-2-6(9)3-10-8(5)7(12)4-11/h2-3,11H,4H2,1H3. The van der Waals surface area contributed by atoms with Gasteiger partial charge in [0.05, 0.1) is 0 Å². The molecule has 3 nitrogen and oxygen atoms in total. The fourth-order valence-corrected chi connectivity index (χ4v) is 1.35. The van der Waals surface area contributed by atoms with Gasteiger partial charge in [0.25, 0.3) is 0 Å². The summed E-state index contributed by atoms with van der Waals surface area (Å²) in [5.74, 6) is -0.347. The third-order valence-corrected chi connectivity index (χ3v) is 1.89. The van der Waals surface area contributed by atoms with Crippen molar-refractivity contribution in [3.8, 4) is 0 Å². The molecule has 0 spiro atoms. The van der Waals surface area contributed by atoms with E-state index in [-0.39, 0.29) is 5.78 Å². The van der Waals surface area contributed by atoms with Gasteiger partial charge in [0.15, 0.2) is 0 Å². The van der Waals surface area contributed by atoms with Crippen molar-refractivity contribution >= 4 is 21.7 Å². The number of hydrogen-bond donors (Lipinski definition) is 1. The number of aryl methyl sites for hydroxylation is 1. The monoisotopic (exact) mass is 229 g/mol. The molecule has 1 heterocycles. The fraction of sp³-hybridized carbons (Fsp3) is 0.250. The molecule has 1 aromatic rings. The lowest BCUT2D eigenvalue weighted by Gasteiger charge is -2.00. The van der Waals surface area contributed by atoms with Crippen molar-refractivity contribution in [2.24, 2.45) is 0 Å². The number of aliphatic hydroxyl groups excluding tert-OH is 1. The first-order valence-corrected chi connectivity index (χ1v) is 4.20. The summed E-state index contributed by atoms with van der Waals surface area (Å²) in [7, 11) is 0. The molecule has 0 atom stereocenters. The predicted octanol–water partition coefficient (Wildman–Crippen LogP) is 1.33. The highest BCUT2D eigenvalue weighted by molar-refractivity contribution is 9.10. The van der Waals surface area contributed by atoms with Crippen molar-refractivity contribution in [3.63, 3.8) is 0 Å². The zero-order chi connectivity index (χ0) is 9.14. The van der Waals surface area contributed by atoms with Crippen LogP contribution in [0.1, 0.15) is 16.1 Å². The molecule has 0 unspecified atom stereocenters. The molecule has 0 aliphatic carbocycles. The molecule has 0 radical (unpaired) electrons. The Balaban J connectivity index is 3.09. The average molecular weight is 230 g/mol. The molecule has 0 bridgehead atoms. The minimum atomic E-state index is -0.491. The summed E-state index contributed by atoms with van der Waals surface area (Å²) in [6.45, 7) is 1.29. The van der Waals surface area contributed by atoms with Gasteiger partial charge >= 0.3 is 0 Å². The SMILES string of the molecule is Cc1cc(Br)cnc1C(=O)CO. The minimum absolute atomic E-state index is 0.334. The molecule has 0 saturated heterocycles. The van der Waals surface area contributed by atoms with Gasteiger partial charge in [-0.3, -0.25) is 9.78 Å². The maximum Gasteiger partial charge on any atom is 0.206 e. The van der Waals surface area contributed by atoms with Crippen LogP contribution in [0.15, 0.2) is 16.7 Å². The van der Waals surface area contributed by atoms with Crippen LogP contribution in [0.2, 0.25) is 0 Å². The Bertz CT molecular complexity index is 312. The van der Waals surface area contributed by atoms with E-state index in [4.69, 9.17) is 5.11 Å². The second-order valence-electron chi connectivity index (χ2n) is 2.40. The minimum Gasteiger partial charge on any atom is -0.388 e. The van der Waals surface area contributed by atoms with Gasteiger partial charge in [-0.1, -0.05) is 0 Å². The van der Waals surface area contributed by atoms with E-state index in [9.17, 15) is 4.79 Å². The van der Waals surface area contributed by atoms with Gasteiger partial charge in [-0.25, -0.2) is 0 Å². The highest BCUT2D eigenvalue weighted by Crippen LogP contribution is 2.12. The number of rotatable bonds is 2. The van der Waals surface area contributed by atoms with E-state index >= 15 is 0 Å². The smallest absolute Gasteiger partial charge is 0.206 e. The Hall–Kier alpha value is -0.740. The first kappa shape index (κ1) is 9.35. The first-order valence-electron chi connectivity index (χ1n) is 3.41. The Labute approximate surface area is 78.6 Å². The molecule has 1 N–H and O–H groups in total. The quantitative estimate of drug-likeness (QED) is 0.779. The molecule has 12 heavy (non-hydrogen) atoms. The number of Topliss-reactive ketones (excluding diaryl/α,β-unsaturated/α-hetero) is 1. The van der Waals surface area contributed by atoms with E-state index in [2.05, 4.69) is 20.9 Å². The molecule has 4 heteroatoms. The van der Waals surface area contributed by atoms with Crippen LogP contribution in [-0.4, -0.2) is 22.5 Å². The molecule has 64 valence electrons. The van der Waals surface area contributed by atoms with Gasteiger partial charge in [0.1, 0.15) is 12.3 Å². The van der Waals surface area contributed by atoms with Crippen LogP contribution in [0.25, 0.3) is 0 Å². The van der Waals surface area contributed by atoms with Gasteiger partial charge in [-0.2, -0.15) is 0 Å². The Kier molecular flexibility index (Phi) is 2.94. The number of halogens is 1. The third kappa shape index (κ3) is 1.89. The maximum absolute atomic E-state index is 11.0. The second kappa shape index (κ2) is 3.78. The van der Waals surface area contributed by atoms with Crippen LogP contribution < -0.4 is 0 Å². The summed E-state index contributed by atoms with van der Waals surface area (Å²) in [4.78, 5) is 14.9. The third-order valence-electron chi connectivity index (χ3n) is 1.45. The van der Waals surface area contributed by atoms with E-state index in [1.54, 1.807) is 13.0 Å². The number of nitrogens with zero attached hydrogens (tertiary/aromatic N) is 1. The predicted molar refractivity (Wildman–Crippen MR) is 48.1 cm³/mol. The fourth-order valence-electron chi connectivity index (χ4n) is 0.907. The van der Waals surface area contributed by atoms with E-state index in [0.29, 0.717) is 5.69 Å². The summed E-state index contributed by atoms with van der Waals surface area (Å²) in [6.07, 6.45) is 1.54. The van der Waals surface area contributed by atoms with Crippen LogP contribution in [0.3, 0.4) is 0 Å². The Morgan fingerprint density at radius 2 is 2.42 bits per heavy atom. The summed E-state index contributed by atoms with van der Waals surface area (Å²) in [5, 5.41) is 8.58. The number of ketones is 1. The highest BCUT2D eigenvalue weighted by Gasteiger charge is 2.08. The molecular formula is C8H8BrNO2. The van der Waals surface area contributed by atoms with E-state index in [0.717, 1.165) is 10.0 Å². The molecule has 1 aromatic heterocycles. The van der Waals surface area contributed by atoms with Crippen LogP contribution in [-0.2, 0) is 0 Å². The lowest BCUT2D eigenvalue weighted by molar-refractivity contribution is 0.0898. The lowest BCUT2D eigenvalue weighted by Crippen LogP contribution is -2.08. The zero-order valence-electron chi connectivity index (χ0n) is 6.54. The highest BCUT2D eigenvalue weighted by atomic mass is 79.9. The van der Waals surface area contributed by atoms with Gasteiger partial charge in [-0.05, 0) is 34.5 Å². The number of aliphatic hydroxyl groups is 1. The van der Waals surface area contributed by atoms with Crippen LogP contribution in [0.4, 0.5) is 0 Å². The van der Waals surface area contributed by atoms with Crippen molar-refractivity contribution < 1.29 is 9.90 Å². The molecule has 0 aromatic carbocycles. The van der Waals surface area contributed by atoms with Crippen molar-refractivity contribution in [2.45, 2.75) is 6.92 Å². The average Bonchev–Trinajstić information content (AvgIpc) is 2.03. The molecule has 0 aliphatic rings. The maximum atomic E-state index is 11.0. The summed E-state index contributed by atoms with van der Waals surface area (Å²) in [5.41, 5.74) is 1.10. The number of pyridine rings is 1. The van der Waals surface area contributed by atoms with E-state index in [1.165, 1.54) is 6.20 Å². The number of carbonyl (C=O) groups is 1. The largest absolute Gasteiger partial charge is 0.388 e. The number of hydrogen-bond acceptors (Lipinski definition) is 3. The molecule has 0 amide bonds. The van der Waals surface area contributed by atoms with Crippen molar-refractivity contribution in [2.75, 3.05) is 6.61 Å². The Morgan fingerprint density at radius 3 is 2.92 bits per heavy atom. The van der Waals surface area contributed by atoms with Crippen LogP contribution in [0.5, 0.6) is 0 Å². The molecule has 0 aliphatic heterocycles. The molecule has 0 saturated carbocycles. The van der Waals surface area contributed by atoms with Crippen molar-refractivity contribution in [1.82, 2.24) is 4.98 Å². The number of aromatic nitrogens is 1. The topological polar surface area (TPSA) is 50.2 Å². The number of carbonyl (C=O) groups excluding carboxylic acids is 1. The normalized spacial score (nSPS) is 9.92. The molecule has 0 fully saturated rings. The van der Waals surface area contributed by atoms with Gasteiger partial charge < -0.3 is 5.11 Å². The summed E-state index contributed by atoms with van der Waals surface area (Å²) >= 11 is 3.23. The second-order valence-corrected chi connectivity index (χ2v) is 3.32. The van der Waals surface area contributed by atoms with Gasteiger partial charge in [0, 0.05) is 10.7 Å². The van der Waals surface area contributed by atoms with E-state index < -0.39 is 6.61 Å². The lowest BCUT2D eigenvalue weighted by atomic mass is 10.1. The van der Waals surface area contributed by atoms with Crippen LogP contribution >= 0.6 is 15.9 Å². The Morgan fingerprint density at radius 1 is 1.75 bits per heavy atom. The van der Waals surface area contributed by atoms with Gasteiger partial charge in [0.2, 0.25) is 5.78 Å². The zero-order valence-corrected chi connectivity index (χ0v) is 8.13. The summed E-state index contributed by atoms with van der Waals surface area (Å²) in [6, 6.07) is 1.79. The molecular weight excluding hydrogens is 222 g/mol. The molecule has 1 rings (SSSR count). The van der Waals surface area contributed by atoms with Crippen LogP contribution in [0, 0.1) is 6.92 Å². The van der Waals surface area contributed by atoms with E-state index in [1.807, 2.05) is 0 Å². The van der Waals surface area contributed by atoms with Crippen molar-refractivity contribution in [3.05, 3.63) is 28.0 Å². The van der Waals surface area contributed by atoms with Gasteiger partial charge in [-0.15, -0.1) is 0 Å². The van der Waals surface area contributed by atoms with Crippen molar-refractivity contribution in [1.29, 1.82) is 0 Å². The first-order chi connectivity index (χ1) is 5.65.